The fraction of sp³-hybridized carbons (Fsp3) is 0.250. The van der Waals surface area contributed by atoms with Crippen molar-refractivity contribution in [1.29, 1.82) is 0 Å². The minimum absolute atomic E-state index is 0.175. The second kappa shape index (κ2) is 4.14. The summed E-state index contributed by atoms with van der Waals surface area (Å²) in [6.45, 7) is 0.512. The first-order valence-corrected chi connectivity index (χ1v) is 5.71. The van der Waals surface area contributed by atoms with Gasteiger partial charge in [0.15, 0.2) is 0 Å². The van der Waals surface area contributed by atoms with Crippen LogP contribution in [-0.4, -0.2) is 21.0 Å². The Morgan fingerprint density at radius 1 is 1.50 bits per heavy atom. The number of para-hydroxylation sites is 1. The standard InChI is InChI=1S/C12H12N4O2/c17-16(18)8-11-12-13-5-6-15(12)7-9-3-1-2-4-10(9)14-11/h1-6,11,14H,7-8H2. The Morgan fingerprint density at radius 2 is 2.33 bits per heavy atom. The van der Waals surface area contributed by atoms with Crippen molar-refractivity contribution in [2.24, 2.45) is 0 Å². The van der Waals surface area contributed by atoms with E-state index in [9.17, 15) is 10.1 Å². The molecule has 1 atom stereocenters. The number of anilines is 1. The molecule has 6 nitrogen and oxygen atoms in total. The van der Waals surface area contributed by atoms with Gasteiger partial charge in [-0.05, 0) is 11.6 Å². The zero-order chi connectivity index (χ0) is 12.5. The number of hydrogen-bond donors (Lipinski definition) is 1. The highest BCUT2D eigenvalue weighted by molar-refractivity contribution is 5.53. The molecule has 18 heavy (non-hydrogen) atoms. The van der Waals surface area contributed by atoms with Crippen molar-refractivity contribution < 1.29 is 4.92 Å². The van der Waals surface area contributed by atoms with E-state index in [2.05, 4.69) is 10.3 Å². The maximum Gasteiger partial charge on any atom is 0.230 e. The topological polar surface area (TPSA) is 73.0 Å². The molecule has 1 unspecified atom stereocenters. The summed E-state index contributed by atoms with van der Waals surface area (Å²) in [7, 11) is 0. The number of fused-ring (bicyclic) bond motifs is 2. The lowest BCUT2D eigenvalue weighted by Gasteiger charge is -2.13. The Kier molecular flexibility index (Phi) is 2.47. The van der Waals surface area contributed by atoms with Crippen LogP contribution in [0.2, 0.25) is 0 Å². The zero-order valence-electron chi connectivity index (χ0n) is 9.61. The Labute approximate surface area is 103 Å². The fourth-order valence-electron chi connectivity index (χ4n) is 2.28. The van der Waals surface area contributed by atoms with Gasteiger partial charge in [0.05, 0.1) is 6.54 Å². The van der Waals surface area contributed by atoms with Crippen LogP contribution in [0.4, 0.5) is 5.69 Å². The highest BCUT2D eigenvalue weighted by atomic mass is 16.6. The van der Waals surface area contributed by atoms with Crippen LogP contribution >= 0.6 is 0 Å². The van der Waals surface area contributed by atoms with Crippen molar-refractivity contribution in [3.05, 3.63) is 58.2 Å². The number of aromatic nitrogens is 2. The zero-order valence-corrected chi connectivity index (χ0v) is 9.61. The molecule has 6 heteroatoms. The molecule has 0 spiro atoms. The van der Waals surface area contributed by atoms with Crippen molar-refractivity contribution in [2.45, 2.75) is 12.6 Å². The van der Waals surface area contributed by atoms with Crippen molar-refractivity contribution >= 4 is 5.69 Å². The molecule has 1 aliphatic heterocycles. The first-order valence-electron chi connectivity index (χ1n) is 5.71. The smallest absolute Gasteiger partial charge is 0.230 e. The molecule has 3 rings (SSSR count). The predicted molar refractivity (Wildman–Crippen MR) is 66.0 cm³/mol. The molecule has 92 valence electrons. The van der Waals surface area contributed by atoms with E-state index in [0.29, 0.717) is 12.4 Å². The third kappa shape index (κ3) is 1.81. The summed E-state index contributed by atoms with van der Waals surface area (Å²) in [4.78, 5) is 14.7. The fourth-order valence-corrected chi connectivity index (χ4v) is 2.28. The van der Waals surface area contributed by atoms with Crippen LogP contribution in [0.15, 0.2) is 36.7 Å². The quantitative estimate of drug-likeness (QED) is 0.644. The molecule has 0 bridgehead atoms. The lowest BCUT2D eigenvalue weighted by Crippen LogP contribution is -2.22. The van der Waals surface area contributed by atoms with Gasteiger partial charge >= 0.3 is 0 Å². The number of hydrogen-bond acceptors (Lipinski definition) is 4. The highest BCUT2D eigenvalue weighted by Gasteiger charge is 2.26. The van der Waals surface area contributed by atoms with Crippen LogP contribution in [0.5, 0.6) is 0 Å². The van der Waals surface area contributed by atoms with Gasteiger partial charge in [-0.2, -0.15) is 0 Å². The molecule has 1 aromatic carbocycles. The molecule has 0 radical (unpaired) electrons. The highest BCUT2D eigenvalue weighted by Crippen LogP contribution is 2.27. The van der Waals surface area contributed by atoms with Gasteiger partial charge in [-0.25, -0.2) is 4.98 Å². The average Bonchev–Trinajstić information content (AvgIpc) is 2.73. The van der Waals surface area contributed by atoms with Crippen LogP contribution in [0, 0.1) is 10.1 Å². The van der Waals surface area contributed by atoms with Crippen molar-refractivity contribution in [3.8, 4) is 0 Å². The van der Waals surface area contributed by atoms with Crippen LogP contribution in [0.25, 0.3) is 0 Å². The van der Waals surface area contributed by atoms with E-state index in [4.69, 9.17) is 0 Å². The van der Waals surface area contributed by atoms with Crippen LogP contribution in [-0.2, 0) is 6.54 Å². The number of nitro groups is 1. The number of nitrogens with one attached hydrogen (secondary N) is 1. The molecule has 1 aliphatic rings. The summed E-state index contributed by atoms with van der Waals surface area (Å²) in [6, 6.07) is 7.45. The summed E-state index contributed by atoms with van der Waals surface area (Å²) in [5, 5.41) is 14.0. The summed E-state index contributed by atoms with van der Waals surface area (Å²) >= 11 is 0. The Morgan fingerprint density at radius 3 is 3.17 bits per heavy atom. The van der Waals surface area contributed by atoms with Crippen molar-refractivity contribution in [1.82, 2.24) is 9.55 Å². The maximum atomic E-state index is 10.8. The van der Waals surface area contributed by atoms with Gasteiger partial charge in [0.2, 0.25) is 6.54 Å². The maximum absolute atomic E-state index is 10.8. The van der Waals surface area contributed by atoms with E-state index in [1.807, 2.05) is 35.0 Å². The van der Waals surface area contributed by atoms with Gasteiger partial charge in [-0.1, -0.05) is 18.2 Å². The van der Waals surface area contributed by atoms with Gasteiger partial charge in [-0.3, -0.25) is 10.1 Å². The minimum atomic E-state index is -0.390. The lowest BCUT2D eigenvalue weighted by atomic mass is 10.1. The predicted octanol–water partition coefficient (Wildman–Crippen LogP) is 1.67. The molecule has 0 amide bonds. The first kappa shape index (κ1) is 10.8. The van der Waals surface area contributed by atoms with Crippen molar-refractivity contribution in [3.63, 3.8) is 0 Å². The first-order chi connectivity index (χ1) is 8.74. The molecular weight excluding hydrogens is 232 g/mol. The van der Waals surface area contributed by atoms with Crippen molar-refractivity contribution in [2.75, 3.05) is 11.9 Å². The van der Waals surface area contributed by atoms with E-state index in [0.717, 1.165) is 11.3 Å². The SMILES string of the molecule is O=[N+]([O-])CC1Nc2ccccc2Cn2ccnc21. The minimum Gasteiger partial charge on any atom is -0.370 e. The van der Waals surface area contributed by atoms with E-state index in [1.165, 1.54) is 0 Å². The Balaban J connectivity index is 2.05. The average molecular weight is 244 g/mol. The van der Waals surface area contributed by atoms with Gasteiger partial charge in [-0.15, -0.1) is 0 Å². The van der Waals surface area contributed by atoms with Crippen LogP contribution in [0.1, 0.15) is 17.4 Å². The molecule has 0 saturated carbocycles. The molecule has 1 aromatic heterocycles. The molecule has 0 fully saturated rings. The third-order valence-corrected chi connectivity index (χ3v) is 3.08. The summed E-state index contributed by atoms with van der Waals surface area (Å²) in [5.74, 6) is 0.711. The molecule has 2 aromatic rings. The normalized spacial score (nSPS) is 17.2. The van der Waals surface area contributed by atoms with E-state index in [-0.39, 0.29) is 11.5 Å². The van der Waals surface area contributed by atoms with Crippen LogP contribution < -0.4 is 5.32 Å². The monoisotopic (exact) mass is 244 g/mol. The molecule has 2 heterocycles. The van der Waals surface area contributed by atoms with Gasteiger partial charge < -0.3 is 9.88 Å². The number of rotatable bonds is 2. The summed E-state index contributed by atoms with van der Waals surface area (Å²) in [5.41, 5.74) is 2.05. The Bertz CT molecular complexity index is 593. The lowest BCUT2D eigenvalue weighted by molar-refractivity contribution is -0.482. The molecule has 0 aliphatic carbocycles. The molecule has 1 N–H and O–H groups in total. The summed E-state index contributed by atoms with van der Waals surface area (Å²) in [6.07, 6.45) is 3.53. The van der Waals surface area contributed by atoms with Gasteiger partial charge in [0, 0.05) is 23.0 Å². The molecule has 0 saturated heterocycles. The van der Waals surface area contributed by atoms with Crippen LogP contribution in [0.3, 0.4) is 0 Å². The summed E-state index contributed by atoms with van der Waals surface area (Å²) < 4.78 is 1.95. The second-order valence-corrected chi connectivity index (χ2v) is 4.28. The van der Waals surface area contributed by atoms with E-state index < -0.39 is 6.04 Å². The second-order valence-electron chi connectivity index (χ2n) is 4.28. The van der Waals surface area contributed by atoms with Gasteiger partial charge in [0.1, 0.15) is 11.9 Å². The Hall–Kier alpha value is -2.37. The third-order valence-electron chi connectivity index (χ3n) is 3.08. The largest absolute Gasteiger partial charge is 0.370 e. The van der Waals surface area contributed by atoms with E-state index in [1.54, 1.807) is 6.20 Å². The number of benzene rings is 1. The number of imidazole rings is 1. The molecular formula is C12H12N4O2. The number of nitrogens with zero attached hydrogens (tertiary/aromatic N) is 3. The van der Waals surface area contributed by atoms with Gasteiger partial charge in [0.25, 0.3) is 0 Å². The van der Waals surface area contributed by atoms with E-state index >= 15 is 0 Å².